The maximum absolute atomic E-state index is 12.7. The lowest BCUT2D eigenvalue weighted by Gasteiger charge is -2.14. The molecule has 0 bridgehead atoms. The van der Waals surface area contributed by atoms with Crippen molar-refractivity contribution in [3.05, 3.63) is 52.1 Å². The first-order valence-corrected chi connectivity index (χ1v) is 8.36. The highest BCUT2D eigenvalue weighted by Crippen LogP contribution is 2.35. The average molecular weight is 362 g/mol. The van der Waals surface area contributed by atoms with Crippen molar-refractivity contribution in [3.63, 3.8) is 0 Å². The fourth-order valence-corrected chi connectivity index (χ4v) is 3.23. The summed E-state index contributed by atoms with van der Waals surface area (Å²) >= 11 is 12.3. The lowest BCUT2D eigenvalue weighted by atomic mass is 10.0. The summed E-state index contributed by atoms with van der Waals surface area (Å²) in [6.07, 6.45) is 0. The van der Waals surface area contributed by atoms with Crippen LogP contribution in [0.25, 0.3) is 22.0 Å². The Morgan fingerprint density at radius 3 is 2.62 bits per heavy atom. The van der Waals surface area contributed by atoms with Crippen molar-refractivity contribution in [2.45, 2.75) is 6.92 Å². The molecule has 0 aliphatic heterocycles. The summed E-state index contributed by atoms with van der Waals surface area (Å²) in [5, 5.41) is 6.52. The Morgan fingerprint density at radius 1 is 1.21 bits per heavy atom. The van der Waals surface area contributed by atoms with E-state index >= 15 is 0 Å². The number of aromatic nitrogens is 2. The van der Waals surface area contributed by atoms with Crippen LogP contribution < -0.4 is 0 Å². The second-order valence-electron chi connectivity index (χ2n) is 5.62. The van der Waals surface area contributed by atoms with E-state index in [0.29, 0.717) is 22.3 Å². The van der Waals surface area contributed by atoms with Gasteiger partial charge in [0.25, 0.3) is 5.91 Å². The van der Waals surface area contributed by atoms with Gasteiger partial charge in [-0.1, -0.05) is 47.5 Å². The van der Waals surface area contributed by atoms with Crippen molar-refractivity contribution in [1.29, 1.82) is 0 Å². The van der Waals surface area contributed by atoms with Crippen molar-refractivity contribution in [2.24, 2.45) is 7.05 Å². The molecule has 3 aromatic rings. The van der Waals surface area contributed by atoms with Crippen LogP contribution in [0.2, 0.25) is 10.0 Å². The van der Waals surface area contributed by atoms with Crippen LogP contribution in [0.1, 0.15) is 17.4 Å². The Morgan fingerprint density at radius 2 is 1.96 bits per heavy atom. The number of carbonyl (C=O) groups is 1. The maximum Gasteiger partial charge on any atom is 0.272 e. The number of benzene rings is 2. The maximum atomic E-state index is 12.7. The van der Waals surface area contributed by atoms with E-state index in [9.17, 15) is 4.79 Å². The third-order valence-corrected chi connectivity index (χ3v) is 4.66. The Bertz CT molecular complexity index is 933. The van der Waals surface area contributed by atoms with Gasteiger partial charge in [-0.2, -0.15) is 5.10 Å². The standard InChI is InChI=1S/C18H17Cl2N3O/c1-4-22(2)18(24)17-14-7-5-6-13(16(14)21-23(17)3)12-9-8-11(19)10-15(12)20/h5-10H,4H2,1-3H3. The van der Waals surface area contributed by atoms with Crippen LogP contribution in [0.15, 0.2) is 36.4 Å². The SMILES string of the molecule is CCN(C)C(=O)c1c2cccc(-c3ccc(Cl)cc3Cl)c2nn1C. The van der Waals surface area contributed by atoms with Crippen LogP contribution >= 0.6 is 23.2 Å². The molecule has 24 heavy (non-hydrogen) atoms. The van der Waals surface area contributed by atoms with Crippen LogP contribution in [0.5, 0.6) is 0 Å². The molecule has 0 aliphatic rings. The van der Waals surface area contributed by atoms with E-state index in [4.69, 9.17) is 23.2 Å². The quantitative estimate of drug-likeness (QED) is 0.681. The molecule has 1 heterocycles. The van der Waals surface area contributed by atoms with Crippen LogP contribution in [0, 0.1) is 0 Å². The van der Waals surface area contributed by atoms with E-state index in [1.54, 1.807) is 35.8 Å². The second kappa shape index (κ2) is 6.46. The number of halogens is 2. The summed E-state index contributed by atoms with van der Waals surface area (Å²) in [6.45, 7) is 2.57. The van der Waals surface area contributed by atoms with Gasteiger partial charge < -0.3 is 4.90 Å². The number of nitrogens with zero attached hydrogens (tertiary/aromatic N) is 3. The molecule has 0 N–H and O–H groups in total. The highest BCUT2D eigenvalue weighted by atomic mass is 35.5. The largest absolute Gasteiger partial charge is 0.341 e. The number of rotatable bonds is 3. The minimum atomic E-state index is -0.0538. The van der Waals surface area contributed by atoms with Gasteiger partial charge >= 0.3 is 0 Å². The number of amides is 1. The van der Waals surface area contributed by atoms with E-state index < -0.39 is 0 Å². The Kier molecular flexibility index (Phi) is 4.52. The summed E-state index contributed by atoms with van der Waals surface area (Å²) in [7, 11) is 3.56. The molecular weight excluding hydrogens is 345 g/mol. The van der Waals surface area contributed by atoms with Crippen LogP contribution in [0.4, 0.5) is 0 Å². The Hall–Kier alpha value is -2.04. The van der Waals surface area contributed by atoms with Crippen molar-refractivity contribution in [2.75, 3.05) is 13.6 Å². The smallest absolute Gasteiger partial charge is 0.272 e. The van der Waals surface area contributed by atoms with Gasteiger partial charge in [0.15, 0.2) is 0 Å². The van der Waals surface area contributed by atoms with Gasteiger partial charge in [-0.05, 0) is 19.1 Å². The number of aryl methyl sites for hydroxylation is 1. The zero-order valence-corrected chi connectivity index (χ0v) is 15.2. The van der Waals surface area contributed by atoms with Crippen molar-refractivity contribution >= 4 is 40.0 Å². The first kappa shape index (κ1) is 16.8. The fraction of sp³-hybridized carbons (Fsp3) is 0.222. The minimum Gasteiger partial charge on any atom is -0.341 e. The summed E-state index contributed by atoms with van der Waals surface area (Å²) in [5.41, 5.74) is 3.04. The zero-order chi connectivity index (χ0) is 17.4. The first-order chi connectivity index (χ1) is 11.4. The topological polar surface area (TPSA) is 38.1 Å². The van der Waals surface area contributed by atoms with Crippen molar-refractivity contribution < 1.29 is 4.79 Å². The fourth-order valence-electron chi connectivity index (χ4n) is 2.72. The molecule has 0 radical (unpaired) electrons. The lowest BCUT2D eigenvalue weighted by molar-refractivity contribution is 0.0793. The first-order valence-electron chi connectivity index (χ1n) is 7.60. The molecule has 4 nitrogen and oxygen atoms in total. The highest BCUT2D eigenvalue weighted by molar-refractivity contribution is 6.36. The predicted octanol–water partition coefficient (Wildman–Crippen LogP) is 4.64. The molecule has 0 unspecified atom stereocenters. The van der Waals surface area contributed by atoms with Gasteiger partial charge in [0.05, 0.1) is 0 Å². The van der Waals surface area contributed by atoms with Gasteiger partial charge in [0.1, 0.15) is 11.2 Å². The van der Waals surface area contributed by atoms with Crippen molar-refractivity contribution in [3.8, 4) is 11.1 Å². The molecule has 0 fully saturated rings. The van der Waals surface area contributed by atoms with E-state index in [2.05, 4.69) is 5.10 Å². The van der Waals surface area contributed by atoms with Gasteiger partial charge in [-0.15, -0.1) is 0 Å². The van der Waals surface area contributed by atoms with Gasteiger partial charge in [0.2, 0.25) is 0 Å². The van der Waals surface area contributed by atoms with Gasteiger partial charge in [-0.3, -0.25) is 9.48 Å². The van der Waals surface area contributed by atoms with Crippen LogP contribution in [-0.4, -0.2) is 34.2 Å². The van der Waals surface area contributed by atoms with Crippen molar-refractivity contribution in [1.82, 2.24) is 14.7 Å². The zero-order valence-electron chi connectivity index (χ0n) is 13.7. The second-order valence-corrected chi connectivity index (χ2v) is 6.46. The number of hydrogen-bond acceptors (Lipinski definition) is 2. The summed E-state index contributed by atoms with van der Waals surface area (Å²) in [4.78, 5) is 14.3. The average Bonchev–Trinajstić information content (AvgIpc) is 2.89. The monoisotopic (exact) mass is 361 g/mol. The van der Waals surface area contributed by atoms with E-state index in [1.807, 2.05) is 31.2 Å². The number of carbonyl (C=O) groups excluding carboxylic acids is 1. The molecule has 0 saturated carbocycles. The van der Waals surface area contributed by atoms with Crippen LogP contribution in [0.3, 0.4) is 0 Å². The molecule has 3 rings (SSSR count). The summed E-state index contributed by atoms with van der Waals surface area (Å²) in [6, 6.07) is 11.1. The molecule has 0 aliphatic carbocycles. The molecule has 0 spiro atoms. The normalized spacial score (nSPS) is 11.0. The predicted molar refractivity (Wildman–Crippen MR) is 98.8 cm³/mol. The molecular formula is C18H17Cl2N3O. The van der Waals surface area contributed by atoms with E-state index in [1.165, 1.54) is 0 Å². The van der Waals surface area contributed by atoms with Gasteiger partial charge in [-0.25, -0.2) is 0 Å². The molecule has 6 heteroatoms. The molecule has 1 aromatic heterocycles. The lowest BCUT2D eigenvalue weighted by Crippen LogP contribution is -2.28. The van der Waals surface area contributed by atoms with Crippen LogP contribution in [-0.2, 0) is 7.05 Å². The molecule has 124 valence electrons. The Balaban J connectivity index is 2.24. The Labute approximate surface area is 150 Å². The molecule has 0 saturated heterocycles. The van der Waals surface area contributed by atoms with E-state index in [0.717, 1.165) is 22.0 Å². The minimum absolute atomic E-state index is 0.0538. The summed E-state index contributed by atoms with van der Waals surface area (Å²) < 4.78 is 1.63. The summed E-state index contributed by atoms with van der Waals surface area (Å²) in [5.74, 6) is -0.0538. The molecule has 1 amide bonds. The number of fused-ring (bicyclic) bond motifs is 1. The third-order valence-electron chi connectivity index (χ3n) is 4.11. The number of hydrogen-bond donors (Lipinski definition) is 0. The van der Waals surface area contributed by atoms with Gasteiger partial charge in [0, 0.05) is 47.2 Å². The third kappa shape index (κ3) is 2.76. The highest BCUT2D eigenvalue weighted by Gasteiger charge is 2.21. The molecule has 0 atom stereocenters. The van der Waals surface area contributed by atoms with E-state index in [-0.39, 0.29) is 5.91 Å². The molecule has 2 aromatic carbocycles.